The van der Waals surface area contributed by atoms with Crippen LogP contribution in [-0.2, 0) is 5.60 Å². The van der Waals surface area contributed by atoms with Gasteiger partial charge in [-0.1, -0.05) is 0 Å². The summed E-state index contributed by atoms with van der Waals surface area (Å²) in [7, 11) is 1.37. The maximum Gasteiger partial charge on any atom is 0.231 e. The third-order valence-corrected chi connectivity index (χ3v) is 2.96. The lowest BCUT2D eigenvalue weighted by molar-refractivity contribution is 0.136. The van der Waals surface area contributed by atoms with E-state index < -0.39 is 11.4 Å². The summed E-state index contributed by atoms with van der Waals surface area (Å²) in [5.74, 6) is 0.234. The smallest absolute Gasteiger partial charge is 0.231 e. The van der Waals surface area contributed by atoms with Gasteiger partial charge in [0.05, 0.1) is 18.3 Å². The number of methoxy groups -OCH3 is 1. The van der Waals surface area contributed by atoms with E-state index in [4.69, 9.17) is 14.2 Å². The summed E-state index contributed by atoms with van der Waals surface area (Å²) in [6.07, 6.45) is 1.17. The number of aliphatic hydroxyl groups is 1. The molecule has 5 heteroatoms. The fourth-order valence-electron chi connectivity index (χ4n) is 1.98. The maximum atomic E-state index is 13.7. The summed E-state index contributed by atoms with van der Waals surface area (Å²) in [6.45, 7) is 0.0466. The first-order chi connectivity index (χ1) is 7.65. The zero-order valence-corrected chi connectivity index (χ0v) is 8.75. The number of hydrogen-bond acceptors (Lipinski definition) is 4. The van der Waals surface area contributed by atoms with Gasteiger partial charge in [0.25, 0.3) is 0 Å². The minimum atomic E-state index is -1.02. The van der Waals surface area contributed by atoms with Gasteiger partial charge in [0.2, 0.25) is 6.79 Å². The quantitative estimate of drug-likeness (QED) is 0.831. The predicted octanol–water partition coefficient (Wildman–Crippen LogP) is 1.54. The summed E-state index contributed by atoms with van der Waals surface area (Å²) in [5, 5.41) is 10.1. The fourth-order valence-corrected chi connectivity index (χ4v) is 1.98. The van der Waals surface area contributed by atoms with Gasteiger partial charge in [-0.15, -0.1) is 0 Å². The topological polar surface area (TPSA) is 47.9 Å². The lowest BCUT2D eigenvalue weighted by atomic mass is 10.0. The highest BCUT2D eigenvalue weighted by molar-refractivity contribution is 5.59. The Bertz CT molecular complexity index is 450. The molecule has 1 heterocycles. The van der Waals surface area contributed by atoms with Crippen LogP contribution in [-0.4, -0.2) is 19.0 Å². The molecule has 3 rings (SSSR count). The van der Waals surface area contributed by atoms with E-state index in [1.54, 1.807) is 0 Å². The summed E-state index contributed by atoms with van der Waals surface area (Å²) in [4.78, 5) is 0. The fraction of sp³-hybridized carbons (Fsp3) is 0.455. The molecular formula is C11H11FO4. The van der Waals surface area contributed by atoms with Crippen molar-refractivity contribution in [2.45, 2.75) is 18.4 Å². The molecule has 0 spiro atoms. The average molecular weight is 226 g/mol. The Morgan fingerprint density at radius 2 is 2.19 bits per heavy atom. The van der Waals surface area contributed by atoms with E-state index in [9.17, 15) is 9.50 Å². The Morgan fingerprint density at radius 3 is 2.81 bits per heavy atom. The Hall–Kier alpha value is -1.49. The maximum absolute atomic E-state index is 13.7. The third-order valence-electron chi connectivity index (χ3n) is 2.96. The van der Waals surface area contributed by atoms with Gasteiger partial charge in [-0.05, 0) is 12.8 Å². The summed E-state index contributed by atoms with van der Waals surface area (Å²) in [6, 6.07) is 1.22. The van der Waals surface area contributed by atoms with Crippen molar-refractivity contribution in [3.8, 4) is 17.2 Å². The first-order valence-electron chi connectivity index (χ1n) is 5.05. The molecule has 1 aromatic carbocycles. The van der Waals surface area contributed by atoms with E-state index in [0.717, 1.165) is 0 Å². The van der Waals surface area contributed by atoms with Gasteiger partial charge in [0, 0.05) is 6.07 Å². The number of rotatable bonds is 2. The van der Waals surface area contributed by atoms with Crippen LogP contribution < -0.4 is 14.2 Å². The molecule has 1 aliphatic heterocycles. The van der Waals surface area contributed by atoms with Crippen molar-refractivity contribution in [1.29, 1.82) is 0 Å². The molecule has 86 valence electrons. The van der Waals surface area contributed by atoms with Crippen LogP contribution >= 0.6 is 0 Å². The number of hydrogen-bond donors (Lipinski definition) is 1. The van der Waals surface area contributed by atoms with E-state index >= 15 is 0 Å². The highest BCUT2D eigenvalue weighted by Crippen LogP contribution is 2.56. The van der Waals surface area contributed by atoms with E-state index in [-0.39, 0.29) is 12.5 Å². The van der Waals surface area contributed by atoms with E-state index in [1.807, 2.05) is 0 Å². The number of benzene rings is 1. The minimum Gasteiger partial charge on any atom is -0.493 e. The van der Waals surface area contributed by atoms with E-state index in [1.165, 1.54) is 13.2 Å². The van der Waals surface area contributed by atoms with Gasteiger partial charge in [0.15, 0.2) is 23.1 Å². The molecule has 0 radical (unpaired) electrons. The molecule has 1 N–H and O–H groups in total. The van der Waals surface area contributed by atoms with Crippen LogP contribution in [0, 0.1) is 5.82 Å². The molecule has 0 amide bonds. The van der Waals surface area contributed by atoms with Gasteiger partial charge in [-0.2, -0.15) is 0 Å². The number of fused-ring (bicyclic) bond motifs is 1. The molecular weight excluding hydrogens is 215 g/mol. The molecule has 1 aliphatic carbocycles. The second kappa shape index (κ2) is 3.01. The first kappa shape index (κ1) is 9.72. The molecule has 0 atom stereocenters. The average Bonchev–Trinajstić information content (AvgIpc) is 2.83. The largest absolute Gasteiger partial charge is 0.493 e. The van der Waals surface area contributed by atoms with Crippen LogP contribution in [0.2, 0.25) is 0 Å². The molecule has 0 bridgehead atoms. The van der Waals surface area contributed by atoms with Gasteiger partial charge >= 0.3 is 0 Å². The highest BCUT2D eigenvalue weighted by Gasteiger charge is 2.49. The summed E-state index contributed by atoms with van der Waals surface area (Å²) >= 11 is 0. The van der Waals surface area contributed by atoms with Crippen molar-refractivity contribution in [2.75, 3.05) is 13.9 Å². The standard InChI is InChI=1S/C11H11FO4/c1-14-9-6(12)4-7-10(16-5-15-7)8(9)11(13)2-3-11/h4,13H,2-3,5H2,1H3. The second-order valence-corrected chi connectivity index (χ2v) is 4.03. The molecule has 1 fully saturated rings. The highest BCUT2D eigenvalue weighted by atomic mass is 19.1. The van der Waals surface area contributed by atoms with Crippen molar-refractivity contribution in [3.05, 3.63) is 17.4 Å². The Morgan fingerprint density at radius 1 is 1.44 bits per heavy atom. The molecule has 0 saturated heterocycles. The number of halogens is 1. The molecule has 1 aromatic rings. The van der Waals surface area contributed by atoms with Crippen molar-refractivity contribution < 1.29 is 23.7 Å². The Balaban J connectivity index is 2.26. The van der Waals surface area contributed by atoms with Crippen molar-refractivity contribution in [2.24, 2.45) is 0 Å². The van der Waals surface area contributed by atoms with Crippen LogP contribution in [0.15, 0.2) is 6.07 Å². The molecule has 4 nitrogen and oxygen atoms in total. The van der Waals surface area contributed by atoms with Gasteiger partial charge < -0.3 is 19.3 Å². The first-order valence-corrected chi connectivity index (χ1v) is 5.05. The van der Waals surface area contributed by atoms with Crippen LogP contribution in [0.1, 0.15) is 18.4 Å². The zero-order valence-electron chi connectivity index (χ0n) is 8.75. The molecule has 2 aliphatic rings. The summed E-state index contributed by atoms with van der Waals surface area (Å²) in [5.41, 5.74) is -0.645. The lowest BCUT2D eigenvalue weighted by Gasteiger charge is -2.16. The normalized spacial score (nSPS) is 19.7. The molecule has 16 heavy (non-hydrogen) atoms. The van der Waals surface area contributed by atoms with E-state index in [0.29, 0.717) is 29.9 Å². The molecule has 0 unspecified atom stereocenters. The Kier molecular flexibility index (Phi) is 1.83. The SMILES string of the molecule is COc1c(F)cc2c(c1C1(O)CC1)OCO2. The summed E-state index contributed by atoms with van der Waals surface area (Å²) < 4.78 is 29.1. The van der Waals surface area contributed by atoms with Crippen molar-refractivity contribution >= 4 is 0 Å². The van der Waals surface area contributed by atoms with Crippen LogP contribution in [0.4, 0.5) is 4.39 Å². The van der Waals surface area contributed by atoms with E-state index in [2.05, 4.69) is 0 Å². The van der Waals surface area contributed by atoms with Crippen LogP contribution in [0.3, 0.4) is 0 Å². The predicted molar refractivity (Wildman–Crippen MR) is 52.2 cm³/mol. The van der Waals surface area contributed by atoms with Gasteiger partial charge in [-0.25, -0.2) is 4.39 Å². The van der Waals surface area contributed by atoms with Crippen LogP contribution in [0.25, 0.3) is 0 Å². The van der Waals surface area contributed by atoms with Crippen molar-refractivity contribution in [1.82, 2.24) is 0 Å². The van der Waals surface area contributed by atoms with Gasteiger partial charge in [-0.3, -0.25) is 0 Å². The van der Waals surface area contributed by atoms with Crippen LogP contribution in [0.5, 0.6) is 17.2 Å². The Labute approximate surface area is 91.5 Å². The molecule has 0 aromatic heterocycles. The number of ether oxygens (including phenoxy) is 3. The monoisotopic (exact) mass is 226 g/mol. The third kappa shape index (κ3) is 1.18. The van der Waals surface area contributed by atoms with Gasteiger partial charge in [0.1, 0.15) is 0 Å². The zero-order chi connectivity index (χ0) is 11.3. The molecule has 1 saturated carbocycles. The lowest BCUT2D eigenvalue weighted by Crippen LogP contribution is -2.09. The van der Waals surface area contributed by atoms with Crippen molar-refractivity contribution in [3.63, 3.8) is 0 Å². The minimum absolute atomic E-state index is 0.0456. The second-order valence-electron chi connectivity index (χ2n) is 4.03.